The van der Waals surface area contributed by atoms with Gasteiger partial charge in [-0.2, -0.15) is 0 Å². The zero-order valence-electron chi connectivity index (χ0n) is 12.5. The Balaban J connectivity index is 1.81. The summed E-state index contributed by atoms with van der Waals surface area (Å²) < 4.78 is 5.15. The van der Waals surface area contributed by atoms with Gasteiger partial charge in [-0.05, 0) is 37.5 Å². The van der Waals surface area contributed by atoms with E-state index >= 15 is 0 Å². The Hall–Kier alpha value is -1.32. The third-order valence-electron chi connectivity index (χ3n) is 3.92. The third-order valence-corrected chi connectivity index (χ3v) is 3.92. The number of methoxy groups -OCH3 is 1. The lowest BCUT2D eigenvalue weighted by Crippen LogP contribution is -2.38. The molecule has 2 rings (SSSR count). The van der Waals surface area contributed by atoms with Crippen LogP contribution in [0.1, 0.15) is 38.2 Å². The van der Waals surface area contributed by atoms with Gasteiger partial charge in [0, 0.05) is 13.1 Å². The smallest absolute Gasteiger partial charge is 0.118 e. The predicted octanol–water partition coefficient (Wildman–Crippen LogP) is 2.99. The maximum atomic E-state index is 10.3. The maximum absolute atomic E-state index is 10.3. The Morgan fingerprint density at radius 2 is 1.95 bits per heavy atom. The van der Waals surface area contributed by atoms with Crippen molar-refractivity contribution in [3.63, 3.8) is 0 Å². The van der Waals surface area contributed by atoms with E-state index in [0.29, 0.717) is 6.54 Å². The summed E-state index contributed by atoms with van der Waals surface area (Å²) in [5.41, 5.74) is 1.96. The van der Waals surface area contributed by atoms with Gasteiger partial charge in [-0.3, -0.25) is 0 Å². The minimum absolute atomic E-state index is 0.472. The Labute approximate surface area is 121 Å². The Morgan fingerprint density at radius 1 is 1.30 bits per heavy atom. The molecule has 0 heterocycles. The van der Waals surface area contributed by atoms with Crippen molar-refractivity contribution in [1.29, 1.82) is 0 Å². The van der Waals surface area contributed by atoms with Crippen LogP contribution in [0, 0.1) is 0 Å². The molecular formula is C17H25NO2. The van der Waals surface area contributed by atoms with Gasteiger partial charge in [0.15, 0.2) is 0 Å². The highest BCUT2D eigenvalue weighted by Gasteiger charge is 2.30. The van der Waals surface area contributed by atoms with E-state index in [4.69, 9.17) is 4.74 Å². The second-order valence-electron chi connectivity index (χ2n) is 5.80. The van der Waals surface area contributed by atoms with Crippen LogP contribution in [0.3, 0.4) is 0 Å². The highest BCUT2D eigenvalue weighted by molar-refractivity contribution is 5.53. The van der Waals surface area contributed by atoms with Crippen LogP contribution in [0.4, 0.5) is 0 Å². The van der Waals surface area contributed by atoms with Crippen molar-refractivity contribution >= 4 is 6.08 Å². The Morgan fingerprint density at radius 3 is 2.55 bits per heavy atom. The molecule has 110 valence electrons. The van der Waals surface area contributed by atoms with E-state index in [2.05, 4.69) is 18.3 Å². The maximum Gasteiger partial charge on any atom is 0.118 e. The normalized spacial score (nSPS) is 18.2. The number of aliphatic hydroxyl groups is 1. The summed E-state index contributed by atoms with van der Waals surface area (Å²) in [6, 6.07) is 8.03. The standard InChI is InChI=1S/C17H25NO2/c1-14(11-15-5-7-16(20-2)8-6-15)12-18-13-17(19)9-3-4-10-17/h5-8,11,18-19H,3-4,9-10,12-13H2,1-2H3/b14-11-. The Bertz CT molecular complexity index is 445. The van der Waals surface area contributed by atoms with Gasteiger partial charge in [-0.1, -0.05) is 36.6 Å². The van der Waals surface area contributed by atoms with Gasteiger partial charge in [0.05, 0.1) is 12.7 Å². The first-order valence-corrected chi connectivity index (χ1v) is 7.36. The molecular weight excluding hydrogens is 250 g/mol. The van der Waals surface area contributed by atoms with Crippen molar-refractivity contribution in [3.05, 3.63) is 35.4 Å². The minimum Gasteiger partial charge on any atom is -0.497 e. The van der Waals surface area contributed by atoms with E-state index in [0.717, 1.165) is 38.0 Å². The van der Waals surface area contributed by atoms with Crippen LogP contribution >= 0.6 is 0 Å². The molecule has 1 aliphatic carbocycles. The van der Waals surface area contributed by atoms with Crippen LogP contribution in [0.5, 0.6) is 5.75 Å². The minimum atomic E-state index is -0.472. The van der Waals surface area contributed by atoms with Crippen LogP contribution < -0.4 is 10.1 Å². The number of rotatable bonds is 6. The molecule has 2 N–H and O–H groups in total. The lowest BCUT2D eigenvalue weighted by Gasteiger charge is -2.22. The first kappa shape index (κ1) is 15.1. The first-order valence-electron chi connectivity index (χ1n) is 7.36. The molecule has 0 aromatic heterocycles. The first-order chi connectivity index (χ1) is 9.61. The average molecular weight is 275 g/mol. The zero-order valence-corrected chi connectivity index (χ0v) is 12.5. The van der Waals surface area contributed by atoms with E-state index in [1.165, 1.54) is 11.1 Å². The van der Waals surface area contributed by atoms with Gasteiger partial charge in [0.1, 0.15) is 5.75 Å². The summed E-state index contributed by atoms with van der Waals surface area (Å²) in [4.78, 5) is 0. The van der Waals surface area contributed by atoms with Crippen LogP contribution in [0.25, 0.3) is 6.08 Å². The summed E-state index contributed by atoms with van der Waals surface area (Å²) >= 11 is 0. The lowest BCUT2D eigenvalue weighted by atomic mass is 10.0. The molecule has 0 bridgehead atoms. The van der Waals surface area contributed by atoms with Crippen molar-refractivity contribution in [2.24, 2.45) is 0 Å². The second kappa shape index (κ2) is 6.91. The molecule has 3 heteroatoms. The summed E-state index contributed by atoms with van der Waals surface area (Å²) in [6.45, 7) is 3.62. The molecule has 1 aliphatic rings. The molecule has 0 unspecified atom stereocenters. The highest BCUT2D eigenvalue weighted by atomic mass is 16.5. The van der Waals surface area contributed by atoms with Crippen molar-refractivity contribution < 1.29 is 9.84 Å². The number of nitrogens with one attached hydrogen (secondary N) is 1. The molecule has 20 heavy (non-hydrogen) atoms. The Kier molecular flexibility index (Phi) is 5.21. The van der Waals surface area contributed by atoms with Crippen molar-refractivity contribution in [2.45, 2.75) is 38.2 Å². The molecule has 0 radical (unpaired) electrons. The topological polar surface area (TPSA) is 41.5 Å². The fraction of sp³-hybridized carbons (Fsp3) is 0.529. The molecule has 0 spiro atoms. The van der Waals surface area contributed by atoms with Crippen molar-refractivity contribution in [2.75, 3.05) is 20.2 Å². The zero-order chi connectivity index (χ0) is 14.4. The summed E-state index contributed by atoms with van der Waals surface area (Å²) in [7, 11) is 1.67. The van der Waals surface area contributed by atoms with E-state index in [1.807, 2.05) is 24.3 Å². The van der Waals surface area contributed by atoms with Gasteiger partial charge in [-0.25, -0.2) is 0 Å². The van der Waals surface area contributed by atoms with E-state index in [-0.39, 0.29) is 0 Å². The largest absolute Gasteiger partial charge is 0.497 e. The number of benzene rings is 1. The summed E-state index contributed by atoms with van der Waals surface area (Å²) in [5.74, 6) is 0.876. The molecule has 0 amide bonds. The van der Waals surface area contributed by atoms with Crippen LogP contribution in [0.15, 0.2) is 29.8 Å². The lowest BCUT2D eigenvalue weighted by molar-refractivity contribution is 0.0486. The number of ether oxygens (including phenoxy) is 1. The van der Waals surface area contributed by atoms with Gasteiger partial charge >= 0.3 is 0 Å². The molecule has 1 saturated carbocycles. The molecule has 0 saturated heterocycles. The van der Waals surface area contributed by atoms with Crippen molar-refractivity contribution in [3.8, 4) is 5.75 Å². The van der Waals surface area contributed by atoms with Gasteiger partial charge in [-0.15, -0.1) is 0 Å². The molecule has 0 aliphatic heterocycles. The fourth-order valence-electron chi connectivity index (χ4n) is 2.74. The summed E-state index contributed by atoms with van der Waals surface area (Å²) in [6.07, 6.45) is 6.32. The van der Waals surface area contributed by atoms with Crippen LogP contribution in [-0.2, 0) is 0 Å². The van der Waals surface area contributed by atoms with Crippen LogP contribution in [0.2, 0.25) is 0 Å². The third kappa shape index (κ3) is 4.36. The predicted molar refractivity (Wildman–Crippen MR) is 82.9 cm³/mol. The van der Waals surface area contributed by atoms with E-state index in [9.17, 15) is 5.11 Å². The number of hydrogen-bond donors (Lipinski definition) is 2. The molecule has 1 aromatic rings. The SMILES string of the molecule is COc1ccc(/C=C(/C)CNCC2(O)CCCC2)cc1. The monoisotopic (exact) mass is 275 g/mol. The number of hydrogen-bond acceptors (Lipinski definition) is 3. The van der Waals surface area contributed by atoms with E-state index in [1.54, 1.807) is 7.11 Å². The molecule has 1 aromatic carbocycles. The molecule has 0 atom stereocenters. The van der Waals surface area contributed by atoms with Crippen molar-refractivity contribution in [1.82, 2.24) is 5.32 Å². The highest BCUT2D eigenvalue weighted by Crippen LogP contribution is 2.28. The van der Waals surface area contributed by atoms with Gasteiger partial charge in [0.2, 0.25) is 0 Å². The quantitative estimate of drug-likeness (QED) is 0.838. The van der Waals surface area contributed by atoms with Gasteiger partial charge < -0.3 is 15.2 Å². The summed E-state index contributed by atoms with van der Waals surface area (Å²) in [5, 5.41) is 13.6. The second-order valence-corrected chi connectivity index (χ2v) is 5.80. The molecule has 3 nitrogen and oxygen atoms in total. The molecule has 1 fully saturated rings. The fourth-order valence-corrected chi connectivity index (χ4v) is 2.74. The van der Waals surface area contributed by atoms with Crippen LogP contribution in [-0.4, -0.2) is 30.9 Å². The van der Waals surface area contributed by atoms with Gasteiger partial charge in [0.25, 0.3) is 0 Å². The average Bonchev–Trinajstić information content (AvgIpc) is 2.86. The van der Waals surface area contributed by atoms with E-state index < -0.39 is 5.60 Å².